The quantitative estimate of drug-likeness (QED) is 0.793. The monoisotopic (exact) mass is 389 g/mol. The first-order valence-corrected chi connectivity index (χ1v) is 10.1. The molecule has 0 bridgehead atoms. The maximum absolute atomic E-state index is 12.3. The van der Waals surface area contributed by atoms with E-state index >= 15 is 0 Å². The zero-order valence-electron chi connectivity index (χ0n) is 16.3. The fourth-order valence-electron chi connectivity index (χ4n) is 3.35. The highest BCUT2D eigenvalue weighted by Crippen LogP contribution is 2.26. The molecular formula is C21H28ClN3O2. The Labute approximate surface area is 166 Å². The highest BCUT2D eigenvalue weighted by Gasteiger charge is 2.26. The van der Waals surface area contributed by atoms with Gasteiger partial charge in [0.15, 0.2) is 0 Å². The van der Waals surface area contributed by atoms with Crippen LogP contribution in [0.5, 0.6) is 0 Å². The molecule has 6 heteroatoms. The molecule has 2 heterocycles. The second-order valence-electron chi connectivity index (χ2n) is 7.40. The Kier molecular flexibility index (Phi) is 6.55. The lowest BCUT2D eigenvalue weighted by Gasteiger charge is -2.31. The Morgan fingerprint density at radius 3 is 2.81 bits per heavy atom. The molecule has 1 aliphatic heterocycles. The summed E-state index contributed by atoms with van der Waals surface area (Å²) in [6, 6.07) is 7.79. The molecule has 27 heavy (non-hydrogen) atoms. The number of carbonyl (C=O) groups is 1. The van der Waals surface area contributed by atoms with E-state index in [4.69, 9.17) is 16.0 Å². The fourth-order valence-corrected chi connectivity index (χ4v) is 3.54. The number of oxazole rings is 1. The minimum atomic E-state index is 0.121. The number of benzene rings is 1. The van der Waals surface area contributed by atoms with E-state index < -0.39 is 0 Å². The summed E-state index contributed by atoms with van der Waals surface area (Å²) in [7, 11) is 0. The number of aryl methyl sites for hydroxylation is 1. The number of nitrogens with one attached hydrogen (secondary N) is 1. The third-order valence-corrected chi connectivity index (χ3v) is 5.53. The Hall–Kier alpha value is -1.85. The molecule has 0 saturated carbocycles. The predicted molar refractivity (Wildman–Crippen MR) is 108 cm³/mol. The average molecular weight is 390 g/mol. The summed E-state index contributed by atoms with van der Waals surface area (Å²) in [5.74, 6) is 1.76. The lowest BCUT2D eigenvalue weighted by atomic mass is 9.95. The number of likely N-dealkylation sites (tertiary alicyclic amines) is 1. The van der Waals surface area contributed by atoms with Crippen molar-refractivity contribution in [1.82, 2.24) is 15.2 Å². The standard InChI is InChI=1S/C21H28ClN3O2/c1-4-14(2)23-20(26)16-8-10-25(11-9-16)13-19-15(3)27-21(24-19)17-6-5-7-18(22)12-17/h5-7,12,14,16H,4,8-11,13H2,1-3H3,(H,23,26). The van der Waals surface area contributed by atoms with Crippen molar-refractivity contribution >= 4 is 17.5 Å². The largest absolute Gasteiger partial charge is 0.441 e. The van der Waals surface area contributed by atoms with Gasteiger partial charge in [-0.15, -0.1) is 0 Å². The Morgan fingerprint density at radius 2 is 2.15 bits per heavy atom. The van der Waals surface area contributed by atoms with E-state index in [1.165, 1.54) is 0 Å². The normalized spacial score (nSPS) is 17.0. The number of halogens is 1. The first-order valence-electron chi connectivity index (χ1n) is 9.71. The van der Waals surface area contributed by atoms with Gasteiger partial charge in [-0.2, -0.15) is 0 Å². The van der Waals surface area contributed by atoms with Crippen molar-refractivity contribution < 1.29 is 9.21 Å². The molecule has 1 N–H and O–H groups in total. The minimum Gasteiger partial charge on any atom is -0.441 e. The van der Waals surface area contributed by atoms with Crippen LogP contribution in [-0.4, -0.2) is 34.9 Å². The van der Waals surface area contributed by atoms with Crippen molar-refractivity contribution in [2.75, 3.05) is 13.1 Å². The summed E-state index contributed by atoms with van der Waals surface area (Å²) in [4.78, 5) is 19.3. The smallest absolute Gasteiger partial charge is 0.226 e. The lowest BCUT2D eigenvalue weighted by Crippen LogP contribution is -2.42. The first-order chi connectivity index (χ1) is 13.0. The molecule has 0 aliphatic carbocycles. The van der Waals surface area contributed by atoms with E-state index in [9.17, 15) is 4.79 Å². The number of piperidine rings is 1. The van der Waals surface area contributed by atoms with E-state index in [0.29, 0.717) is 10.9 Å². The van der Waals surface area contributed by atoms with Crippen LogP contribution in [0.2, 0.25) is 5.02 Å². The maximum Gasteiger partial charge on any atom is 0.226 e. The van der Waals surface area contributed by atoms with Crippen LogP contribution in [0.25, 0.3) is 11.5 Å². The van der Waals surface area contributed by atoms with Crippen molar-refractivity contribution in [1.29, 1.82) is 0 Å². The molecule has 1 atom stereocenters. The zero-order valence-corrected chi connectivity index (χ0v) is 17.1. The number of carbonyl (C=O) groups excluding carboxylic acids is 1. The number of rotatable bonds is 6. The van der Waals surface area contributed by atoms with Crippen LogP contribution < -0.4 is 5.32 Å². The molecule has 1 aliphatic rings. The molecule has 0 spiro atoms. The first kappa shape index (κ1) is 19.9. The lowest BCUT2D eigenvalue weighted by molar-refractivity contribution is -0.127. The van der Waals surface area contributed by atoms with Gasteiger partial charge in [0.05, 0.1) is 5.69 Å². The second kappa shape index (κ2) is 8.89. The van der Waals surface area contributed by atoms with Gasteiger partial charge in [-0.05, 0) is 64.4 Å². The van der Waals surface area contributed by atoms with Gasteiger partial charge in [0.1, 0.15) is 5.76 Å². The molecule has 1 fully saturated rings. The van der Waals surface area contributed by atoms with Crippen molar-refractivity contribution in [2.45, 2.75) is 52.6 Å². The van der Waals surface area contributed by atoms with Crippen LogP contribution >= 0.6 is 11.6 Å². The van der Waals surface area contributed by atoms with Crippen molar-refractivity contribution in [2.24, 2.45) is 5.92 Å². The molecule has 1 aromatic carbocycles. The average Bonchev–Trinajstić information content (AvgIpc) is 3.02. The Balaban J connectivity index is 1.57. The minimum absolute atomic E-state index is 0.121. The van der Waals surface area contributed by atoms with Crippen LogP contribution in [0, 0.1) is 12.8 Å². The van der Waals surface area contributed by atoms with Crippen LogP contribution in [0.15, 0.2) is 28.7 Å². The number of nitrogens with zero attached hydrogens (tertiary/aromatic N) is 2. The van der Waals surface area contributed by atoms with Crippen molar-refractivity contribution in [3.63, 3.8) is 0 Å². The molecule has 3 rings (SSSR count). The molecule has 1 saturated heterocycles. The van der Waals surface area contributed by atoms with Crippen molar-refractivity contribution in [3.8, 4) is 11.5 Å². The van der Waals surface area contributed by atoms with Crippen LogP contribution in [0.4, 0.5) is 0 Å². The molecular weight excluding hydrogens is 362 g/mol. The summed E-state index contributed by atoms with van der Waals surface area (Å²) < 4.78 is 5.85. The molecule has 0 radical (unpaired) electrons. The molecule has 2 aromatic rings. The zero-order chi connectivity index (χ0) is 19.4. The summed E-state index contributed by atoms with van der Waals surface area (Å²) in [6.45, 7) is 8.64. The van der Waals surface area contributed by atoms with Gasteiger partial charge in [-0.1, -0.05) is 24.6 Å². The van der Waals surface area contributed by atoms with Gasteiger partial charge in [0, 0.05) is 29.1 Å². The summed E-state index contributed by atoms with van der Waals surface area (Å²) in [5, 5.41) is 3.77. The second-order valence-corrected chi connectivity index (χ2v) is 7.84. The fraction of sp³-hybridized carbons (Fsp3) is 0.524. The Bertz CT molecular complexity index is 781. The highest BCUT2D eigenvalue weighted by atomic mass is 35.5. The van der Waals surface area contributed by atoms with E-state index in [2.05, 4.69) is 29.0 Å². The molecule has 1 unspecified atom stereocenters. The van der Waals surface area contributed by atoms with E-state index in [1.54, 1.807) is 0 Å². The third-order valence-electron chi connectivity index (χ3n) is 5.30. The van der Waals surface area contributed by atoms with Crippen LogP contribution in [0.1, 0.15) is 44.6 Å². The Morgan fingerprint density at radius 1 is 1.41 bits per heavy atom. The van der Waals surface area contributed by atoms with E-state index in [-0.39, 0.29) is 17.9 Å². The number of hydrogen-bond acceptors (Lipinski definition) is 4. The van der Waals surface area contributed by atoms with E-state index in [0.717, 1.165) is 55.9 Å². The van der Waals surface area contributed by atoms with Gasteiger partial charge in [0.25, 0.3) is 0 Å². The summed E-state index contributed by atoms with van der Waals surface area (Å²) >= 11 is 6.07. The van der Waals surface area contributed by atoms with E-state index in [1.807, 2.05) is 31.2 Å². The van der Waals surface area contributed by atoms with Gasteiger partial charge >= 0.3 is 0 Å². The van der Waals surface area contributed by atoms with Gasteiger partial charge < -0.3 is 9.73 Å². The molecule has 146 valence electrons. The van der Waals surface area contributed by atoms with Crippen LogP contribution in [-0.2, 0) is 11.3 Å². The summed E-state index contributed by atoms with van der Waals surface area (Å²) in [5.41, 5.74) is 1.84. The predicted octanol–water partition coefficient (Wildman–Crippen LogP) is 4.43. The van der Waals surface area contributed by atoms with Gasteiger partial charge in [-0.3, -0.25) is 9.69 Å². The third kappa shape index (κ3) is 5.11. The van der Waals surface area contributed by atoms with Gasteiger partial charge in [-0.25, -0.2) is 4.98 Å². The SMILES string of the molecule is CCC(C)NC(=O)C1CCN(Cc2nc(-c3cccc(Cl)c3)oc2C)CC1. The number of hydrogen-bond donors (Lipinski definition) is 1. The number of aromatic nitrogens is 1. The maximum atomic E-state index is 12.3. The molecule has 5 nitrogen and oxygen atoms in total. The number of amides is 1. The van der Waals surface area contributed by atoms with Gasteiger partial charge in [0.2, 0.25) is 11.8 Å². The highest BCUT2D eigenvalue weighted by molar-refractivity contribution is 6.30. The van der Waals surface area contributed by atoms with Crippen LogP contribution in [0.3, 0.4) is 0 Å². The molecule has 1 aromatic heterocycles. The summed E-state index contributed by atoms with van der Waals surface area (Å²) in [6.07, 6.45) is 2.74. The van der Waals surface area contributed by atoms with Crippen molar-refractivity contribution in [3.05, 3.63) is 40.7 Å². The molecule has 1 amide bonds. The topological polar surface area (TPSA) is 58.4 Å².